The van der Waals surface area contributed by atoms with Gasteiger partial charge >= 0.3 is 0 Å². The van der Waals surface area contributed by atoms with Gasteiger partial charge in [-0.05, 0) is 38.1 Å². The average Bonchev–Trinajstić information content (AvgIpc) is 2.49. The van der Waals surface area contributed by atoms with Crippen LogP contribution in [0.2, 0.25) is 0 Å². The fourth-order valence-electron chi connectivity index (χ4n) is 1.95. The average molecular weight is 333 g/mol. The van der Waals surface area contributed by atoms with Crippen molar-refractivity contribution in [1.29, 1.82) is 0 Å². The van der Waals surface area contributed by atoms with Gasteiger partial charge in [-0.15, -0.1) is 0 Å². The lowest BCUT2D eigenvalue weighted by molar-refractivity contribution is -0.113. The van der Waals surface area contributed by atoms with E-state index in [-0.39, 0.29) is 0 Å². The Morgan fingerprint density at radius 3 is 2.26 bits per heavy atom. The topological polar surface area (TPSA) is 63.2 Å². The summed E-state index contributed by atoms with van der Waals surface area (Å²) in [6, 6.07) is 12.1. The molecule has 120 valence electrons. The van der Waals surface area contributed by atoms with Crippen LogP contribution in [0, 0.1) is 12.7 Å². The summed E-state index contributed by atoms with van der Waals surface area (Å²) in [5, 5.41) is 2.76. The van der Waals surface area contributed by atoms with Crippen LogP contribution < -0.4 is 5.32 Å². The molecule has 1 N–H and O–H groups in total. The van der Waals surface area contributed by atoms with E-state index in [1.165, 1.54) is 12.1 Å². The van der Waals surface area contributed by atoms with E-state index in [0.717, 1.165) is 30.8 Å². The Balaban J connectivity index is 2.42. The zero-order chi connectivity index (χ0) is 17.0. The highest BCUT2D eigenvalue weighted by Gasteiger charge is 2.27. The highest BCUT2D eigenvalue weighted by Crippen LogP contribution is 2.23. The minimum atomic E-state index is -4.24. The van der Waals surface area contributed by atoms with Gasteiger partial charge in [0.15, 0.2) is 5.78 Å². The van der Waals surface area contributed by atoms with Crippen LogP contribution in [0.1, 0.15) is 12.5 Å². The Kier molecular flexibility index (Phi) is 4.95. The van der Waals surface area contributed by atoms with Crippen LogP contribution in [-0.2, 0) is 14.6 Å². The first-order valence-electron chi connectivity index (χ1n) is 6.86. The third-order valence-corrected chi connectivity index (χ3v) is 5.08. The molecule has 4 nitrogen and oxygen atoms in total. The summed E-state index contributed by atoms with van der Waals surface area (Å²) >= 11 is 0. The highest BCUT2D eigenvalue weighted by atomic mass is 32.2. The summed E-state index contributed by atoms with van der Waals surface area (Å²) < 4.78 is 38.8. The number of hydrogen-bond donors (Lipinski definition) is 1. The van der Waals surface area contributed by atoms with E-state index in [9.17, 15) is 17.6 Å². The van der Waals surface area contributed by atoms with Gasteiger partial charge in [-0.1, -0.05) is 29.8 Å². The minimum Gasteiger partial charge on any atom is -0.360 e. The van der Waals surface area contributed by atoms with E-state index in [2.05, 4.69) is 5.32 Å². The van der Waals surface area contributed by atoms with Crippen molar-refractivity contribution in [2.45, 2.75) is 18.7 Å². The summed E-state index contributed by atoms with van der Waals surface area (Å²) in [6.07, 6.45) is 1.09. The lowest BCUT2D eigenvalue weighted by Gasteiger charge is -2.09. The molecule has 0 aliphatic rings. The van der Waals surface area contributed by atoms with Gasteiger partial charge in [-0.2, -0.15) is 0 Å². The normalized spacial score (nSPS) is 12.0. The Morgan fingerprint density at radius 2 is 1.70 bits per heavy atom. The molecule has 0 aliphatic carbocycles. The number of Topliss-reactive ketones (excluding diaryl/α,β-unsaturated/α-hetero) is 1. The first kappa shape index (κ1) is 16.9. The largest absolute Gasteiger partial charge is 0.360 e. The SMILES string of the molecule is CC(=O)/C(=C\Nc1ccc(C)cc1)S(=O)(=O)c1ccccc1F. The number of nitrogens with one attached hydrogen (secondary N) is 1. The maximum absolute atomic E-state index is 13.8. The predicted octanol–water partition coefficient (Wildman–Crippen LogP) is 3.45. The molecule has 2 rings (SSSR count). The van der Waals surface area contributed by atoms with Gasteiger partial charge in [0, 0.05) is 11.9 Å². The molecule has 0 amide bonds. The molecule has 0 aromatic heterocycles. The fraction of sp³-hybridized carbons (Fsp3) is 0.118. The molecule has 0 radical (unpaired) electrons. The van der Waals surface area contributed by atoms with E-state index in [4.69, 9.17) is 0 Å². The number of ketones is 1. The zero-order valence-corrected chi connectivity index (χ0v) is 13.5. The molecular weight excluding hydrogens is 317 g/mol. The van der Waals surface area contributed by atoms with Crippen LogP contribution in [-0.4, -0.2) is 14.2 Å². The molecular formula is C17H16FNO3S. The van der Waals surface area contributed by atoms with Crippen LogP contribution in [0.4, 0.5) is 10.1 Å². The van der Waals surface area contributed by atoms with E-state index in [1.54, 1.807) is 12.1 Å². The second-order valence-corrected chi connectivity index (χ2v) is 6.90. The van der Waals surface area contributed by atoms with Gasteiger partial charge in [-0.3, -0.25) is 4.79 Å². The summed E-state index contributed by atoms with van der Waals surface area (Å²) in [7, 11) is -4.24. The zero-order valence-electron chi connectivity index (χ0n) is 12.7. The minimum absolute atomic E-state index is 0.497. The fourth-order valence-corrected chi connectivity index (χ4v) is 3.36. The number of anilines is 1. The Morgan fingerprint density at radius 1 is 1.09 bits per heavy atom. The summed E-state index contributed by atoms with van der Waals surface area (Å²) in [4.78, 5) is 10.7. The van der Waals surface area contributed by atoms with Crippen LogP contribution in [0.15, 0.2) is 64.5 Å². The lowest BCUT2D eigenvalue weighted by atomic mass is 10.2. The van der Waals surface area contributed by atoms with E-state index in [0.29, 0.717) is 5.69 Å². The van der Waals surface area contributed by atoms with Crippen molar-refractivity contribution in [3.63, 3.8) is 0 Å². The van der Waals surface area contributed by atoms with Gasteiger partial charge in [0.25, 0.3) is 0 Å². The Bertz CT molecular complexity index is 856. The molecule has 0 fully saturated rings. The van der Waals surface area contributed by atoms with Crippen LogP contribution >= 0.6 is 0 Å². The number of carbonyl (C=O) groups is 1. The van der Waals surface area contributed by atoms with Gasteiger partial charge < -0.3 is 5.32 Å². The number of allylic oxidation sites excluding steroid dienone is 1. The smallest absolute Gasteiger partial charge is 0.214 e. The molecule has 0 bridgehead atoms. The van der Waals surface area contributed by atoms with Crippen molar-refractivity contribution in [2.75, 3.05) is 5.32 Å². The number of halogens is 1. The van der Waals surface area contributed by atoms with Crippen LogP contribution in [0.25, 0.3) is 0 Å². The summed E-state index contributed by atoms with van der Waals surface area (Å²) in [6.45, 7) is 3.05. The molecule has 0 spiro atoms. The quantitative estimate of drug-likeness (QED) is 0.851. The van der Waals surface area contributed by atoms with Gasteiger partial charge in [0.05, 0.1) is 0 Å². The molecule has 0 atom stereocenters. The number of benzene rings is 2. The van der Waals surface area contributed by atoms with Crippen molar-refractivity contribution < 1.29 is 17.6 Å². The Hall–Kier alpha value is -2.47. The second-order valence-electron chi connectivity index (χ2n) is 5.01. The molecule has 0 heterocycles. The monoisotopic (exact) mass is 333 g/mol. The van der Waals surface area contributed by atoms with Crippen molar-refractivity contribution >= 4 is 21.3 Å². The van der Waals surface area contributed by atoms with Crippen molar-refractivity contribution in [3.8, 4) is 0 Å². The first-order valence-corrected chi connectivity index (χ1v) is 8.34. The van der Waals surface area contributed by atoms with E-state index >= 15 is 0 Å². The van der Waals surface area contributed by atoms with Crippen molar-refractivity contribution in [2.24, 2.45) is 0 Å². The third kappa shape index (κ3) is 3.84. The van der Waals surface area contributed by atoms with Crippen molar-refractivity contribution in [3.05, 3.63) is 71.0 Å². The number of rotatable bonds is 5. The maximum atomic E-state index is 13.8. The van der Waals surface area contributed by atoms with Gasteiger partial charge in [0.1, 0.15) is 15.6 Å². The number of carbonyl (C=O) groups excluding carboxylic acids is 1. The summed E-state index contributed by atoms with van der Waals surface area (Å²) in [5.41, 5.74) is 1.67. The lowest BCUT2D eigenvalue weighted by Crippen LogP contribution is -2.14. The number of sulfone groups is 1. The summed E-state index contributed by atoms with van der Waals surface area (Å²) in [5.74, 6) is -1.57. The molecule has 0 aliphatic heterocycles. The molecule has 6 heteroatoms. The molecule has 0 saturated heterocycles. The number of aryl methyl sites for hydroxylation is 1. The molecule has 2 aromatic carbocycles. The molecule has 23 heavy (non-hydrogen) atoms. The molecule has 2 aromatic rings. The second kappa shape index (κ2) is 6.75. The Labute approximate surface area is 134 Å². The first-order chi connectivity index (χ1) is 10.8. The van der Waals surface area contributed by atoms with Crippen molar-refractivity contribution in [1.82, 2.24) is 0 Å². The van der Waals surface area contributed by atoms with Gasteiger partial charge in [0.2, 0.25) is 9.84 Å². The third-order valence-electron chi connectivity index (χ3n) is 3.18. The maximum Gasteiger partial charge on any atom is 0.214 e. The predicted molar refractivity (Wildman–Crippen MR) is 87.2 cm³/mol. The van der Waals surface area contributed by atoms with E-state index < -0.39 is 31.2 Å². The van der Waals surface area contributed by atoms with Crippen LogP contribution in [0.3, 0.4) is 0 Å². The van der Waals surface area contributed by atoms with Gasteiger partial charge in [-0.25, -0.2) is 12.8 Å². The molecule has 0 saturated carbocycles. The number of hydrogen-bond acceptors (Lipinski definition) is 4. The highest BCUT2D eigenvalue weighted by molar-refractivity contribution is 7.96. The van der Waals surface area contributed by atoms with E-state index in [1.807, 2.05) is 19.1 Å². The molecule has 0 unspecified atom stereocenters. The van der Waals surface area contributed by atoms with Crippen LogP contribution in [0.5, 0.6) is 0 Å². The standard InChI is InChI=1S/C17H16FNO3S/c1-12-7-9-14(10-8-12)19-11-17(13(2)20)23(21,22)16-6-4-3-5-15(16)18/h3-11,19H,1-2H3/b17-11+.